The van der Waals surface area contributed by atoms with Crippen molar-refractivity contribution < 1.29 is 13.6 Å². The maximum Gasteiger partial charge on any atom is 0.330 e. The number of anilines is 3. The highest BCUT2D eigenvalue weighted by Gasteiger charge is 2.25. The number of aromatic amines is 1. The predicted molar refractivity (Wildman–Crippen MR) is 113 cm³/mol. The molecule has 10 heteroatoms. The third kappa shape index (κ3) is 5.05. The van der Waals surface area contributed by atoms with E-state index in [2.05, 4.69) is 4.98 Å². The number of halogens is 2. The first-order valence-electron chi connectivity index (χ1n) is 9.80. The third-order valence-corrected chi connectivity index (χ3v) is 4.68. The van der Waals surface area contributed by atoms with E-state index in [0.29, 0.717) is 25.1 Å². The van der Waals surface area contributed by atoms with Crippen molar-refractivity contribution in [2.24, 2.45) is 0 Å². The molecule has 1 aromatic carbocycles. The number of unbranched alkanes of at least 4 members (excludes halogenated alkanes) is 1. The van der Waals surface area contributed by atoms with Crippen molar-refractivity contribution in [1.29, 1.82) is 0 Å². The Bertz CT molecular complexity index is 1020. The van der Waals surface area contributed by atoms with Gasteiger partial charge in [-0.25, -0.2) is 13.6 Å². The highest BCUT2D eigenvalue weighted by molar-refractivity contribution is 5.98. The molecular formula is C20H27F2N5O3. The van der Waals surface area contributed by atoms with E-state index in [0.717, 1.165) is 18.6 Å². The molecule has 0 radical (unpaired) electrons. The maximum absolute atomic E-state index is 13.5. The van der Waals surface area contributed by atoms with Crippen LogP contribution in [-0.4, -0.2) is 35.6 Å². The molecule has 1 heterocycles. The SMILES string of the molecule is CCCCN(C(=O)CN(C)c1ccc(F)c(F)c1)c1c(N)n(CCC)c(=O)[nH]c1=O. The van der Waals surface area contributed by atoms with Crippen molar-refractivity contribution >= 4 is 23.1 Å². The molecule has 8 nitrogen and oxygen atoms in total. The zero-order valence-corrected chi connectivity index (χ0v) is 17.4. The molecule has 3 N–H and O–H groups in total. The first kappa shape index (κ1) is 23.1. The van der Waals surface area contributed by atoms with Gasteiger partial charge < -0.3 is 15.5 Å². The Morgan fingerprint density at radius 2 is 1.87 bits per heavy atom. The van der Waals surface area contributed by atoms with Crippen molar-refractivity contribution in [3.63, 3.8) is 0 Å². The first-order valence-corrected chi connectivity index (χ1v) is 9.80. The minimum atomic E-state index is -1.03. The van der Waals surface area contributed by atoms with Gasteiger partial charge in [0, 0.05) is 31.9 Å². The lowest BCUT2D eigenvalue weighted by atomic mass is 10.2. The molecule has 0 spiro atoms. The maximum atomic E-state index is 13.5. The number of amides is 1. The minimum Gasteiger partial charge on any atom is -0.383 e. The molecule has 0 aliphatic heterocycles. The largest absolute Gasteiger partial charge is 0.383 e. The third-order valence-electron chi connectivity index (χ3n) is 4.68. The summed E-state index contributed by atoms with van der Waals surface area (Å²) in [7, 11) is 1.55. The quantitative estimate of drug-likeness (QED) is 0.643. The van der Waals surface area contributed by atoms with Crippen LogP contribution in [0.25, 0.3) is 0 Å². The summed E-state index contributed by atoms with van der Waals surface area (Å²) in [5, 5.41) is 0. The van der Waals surface area contributed by atoms with Crippen LogP contribution in [0.3, 0.4) is 0 Å². The fourth-order valence-corrected chi connectivity index (χ4v) is 3.06. The number of benzene rings is 1. The molecule has 0 saturated heterocycles. The van der Waals surface area contributed by atoms with Gasteiger partial charge in [-0.3, -0.25) is 19.1 Å². The number of aromatic nitrogens is 2. The number of likely N-dealkylation sites (N-methyl/N-ethyl adjacent to an activating group) is 1. The topological polar surface area (TPSA) is 104 Å². The van der Waals surface area contributed by atoms with E-state index in [1.54, 1.807) is 7.05 Å². The van der Waals surface area contributed by atoms with Gasteiger partial charge >= 0.3 is 5.69 Å². The Labute approximate surface area is 172 Å². The molecule has 2 rings (SSSR count). The summed E-state index contributed by atoms with van der Waals surface area (Å²) in [6.45, 7) is 4.09. The standard InChI is InChI=1S/C20H27F2N5O3/c1-4-6-10-26(17-18(23)27(9-5-2)20(30)24-19(17)29)16(28)12-25(3)13-7-8-14(21)15(22)11-13/h7-8,11H,4-6,9-10,12,23H2,1-3H3,(H,24,29,30). The number of hydrogen-bond donors (Lipinski definition) is 2. The number of rotatable bonds is 9. The number of nitrogens with zero attached hydrogens (tertiary/aromatic N) is 3. The average Bonchev–Trinajstić information content (AvgIpc) is 2.69. The van der Waals surface area contributed by atoms with E-state index in [9.17, 15) is 23.2 Å². The second-order valence-corrected chi connectivity index (χ2v) is 7.00. The van der Waals surface area contributed by atoms with Crippen LogP contribution in [0.1, 0.15) is 33.1 Å². The average molecular weight is 423 g/mol. The zero-order chi connectivity index (χ0) is 22.4. The van der Waals surface area contributed by atoms with Gasteiger partial charge in [0.25, 0.3) is 5.56 Å². The van der Waals surface area contributed by atoms with Gasteiger partial charge in [-0.2, -0.15) is 0 Å². The van der Waals surface area contributed by atoms with Crippen LogP contribution >= 0.6 is 0 Å². The monoisotopic (exact) mass is 423 g/mol. The first-order chi connectivity index (χ1) is 14.2. The molecule has 0 bridgehead atoms. The lowest BCUT2D eigenvalue weighted by molar-refractivity contribution is -0.117. The summed E-state index contributed by atoms with van der Waals surface area (Å²) in [5.41, 5.74) is 4.94. The van der Waals surface area contributed by atoms with Crippen molar-refractivity contribution in [1.82, 2.24) is 9.55 Å². The van der Waals surface area contributed by atoms with E-state index in [-0.39, 0.29) is 24.6 Å². The van der Waals surface area contributed by atoms with Crippen LogP contribution in [0.5, 0.6) is 0 Å². The molecule has 2 aromatic rings. The van der Waals surface area contributed by atoms with E-state index >= 15 is 0 Å². The molecule has 0 unspecified atom stereocenters. The van der Waals surface area contributed by atoms with E-state index < -0.39 is 28.8 Å². The fraction of sp³-hybridized carbons (Fsp3) is 0.450. The van der Waals surface area contributed by atoms with Crippen LogP contribution in [0.15, 0.2) is 27.8 Å². The summed E-state index contributed by atoms with van der Waals surface area (Å²) >= 11 is 0. The van der Waals surface area contributed by atoms with Crippen molar-refractivity contribution in [2.75, 3.05) is 35.7 Å². The fourth-order valence-electron chi connectivity index (χ4n) is 3.06. The molecular weight excluding hydrogens is 396 g/mol. The lowest BCUT2D eigenvalue weighted by Crippen LogP contribution is -2.45. The van der Waals surface area contributed by atoms with Crippen LogP contribution in [0.2, 0.25) is 0 Å². The van der Waals surface area contributed by atoms with Crippen molar-refractivity contribution in [3.05, 3.63) is 50.7 Å². The molecule has 0 fully saturated rings. The highest BCUT2D eigenvalue weighted by Crippen LogP contribution is 2.20. The summed E-state index contributed by atoms with van der Waals surface area (Å²) < 4.78 is 27.9. The van der Waals surface area contributed by atoms with Crippen molar-refractivity contribution in [2.45, 2.75) is 39.7 Å². The zero-order valence-electron chi connectivity index (χ0n) is 17.4. The van der Waals surface area contributed by atoms with Gasteiger partial charge in [-0.1, -0.05) is 20.3 Å². The number of carbonyl (C=O) groups excluding carboxylic acids is 1. The molecule has 164 valence electrons. The molecule has 30 heavy (non-hydrogen) atoms. The van der Waals surface area contributed by atoms with Gasteiger partial charge in [0.15, 0.2) is 17.3 Å². The molecule has 1 aromatic heterocycles. The Balaban J connectivity index is 2.41. The Kier molecular flexibility index (Phi) is 7.73. The number of nitrogens with two attached hydrogens (primary N) is 1. The lowest BCUT2D eigenvalue weighted by Gasteiger charge is -2.27. The van der Waals surface area contributed by atoms with E-state index in [1.165, 1.54) is 20.4 Å². The summed E-state index contributed by atoms with van der Waals surface area (Å²) in [6.07, 6.45) is 1.97. The Morgan fingerprint density at radius 3 is 2.47 bits per heavy atom. The van der Waals surface area contributed by atoms with Crippen LogP contribution in [0.4, 0.5) is 26.0 Å². The van der Waals surface area contributed by atoms with Crippen molar-refractivity contribution in [3.8, 4) is 0 Å². The number of carbonyl (C=O) groups is 1. The Morgan fingerprint density at radius 1 is 1.17 bits per heavy atom. The number of nitrogens with one attached hydrogen (secondary N) is 1. The number of nitrogen functional groups attached to an aromatic ring is 1. The van der Waals surface area contributed by atoms with E-state index in [4.69, 9.17) is 5.73 Å². The van der Waals surface area contributed by atoms with Crippen LogP contribution in [-0.2, 0) is 11.3 Å². The van der Waals surface area contributed by atoms with Gasteiger partial charge in [0.1, 0.15) is 5.82 Å². The van der Waals surface area contributed by atoms with Crippen LogP contribution in [0, 0.1) is 11.6 Å². The predicted octanol–water partition coefficient (Wildman–Crippen LogP) is 2.08. The summed E-state index contributed by atoms with van der Waals surface area (Å²) in [5.74, 6) is -2.55. The molecule has 0 atom stereocenters. The van der Waals surface area contributed by atoms with Gasteiger partial charge in [-0.05, 0) is 25.0 Å². The second kappa shape index (κ2) is 10.0. The van der Waals surface area contributed by atoms with Gasteiger partial charge in [-0.15, -0.1) is 0 Å². The molecule has 0 saturated carbocycles. The summed E-state index contributed by atoms with van der Waals surface area (Å²) in [6, 6.07) is 3.32. The number of H-pyrrole nitrogens is 1. The molecule has 0 aliphatic rings. The number of hydrogen-bond acceptors (Lipinski definition) is 5. The Hall–Kier alpha value is -3.17. The highest BCUT2D eigenvalue weighted by atomic mass is 19.2. The van der Waals surface area contributed by atoms with E-state index in [1.807, 2.05) is 13.8 Å². The second-order valence-electron chi connectivity index (χ2n) is 7.00. The summed E-state index contributed by atoms with van der Waals surface area (Å²) in [4.78, 5) is 42.6. The smallest absolute Gasteiger partial charge is 0.330 e. The van der Waals surface area contributed by atoms with Crippen LogP contribution < -0.4 is 26.8 Å². The molecule has 0 aliphatic carbocycles. The van der Waals surface area contributed by atoms with Gasteiger partial charge in [0.2, 0.25) is 5.91 Å². The normalized spacial score (nSPS) is 10.8. The van der Waals surface area contributed by atoms with Gasteiger partial charge in [0.05, 0.1) is 6.54 Å². The minimum absolute atomic E-state index is 0.0782. The molecule has 1 amide bonds.